The first kappa shape index (κ1) is 18.1. The van der Waals surface area contributed by atoms with Crippen LogP contribution in [0, 0.1) is 10.1 Å². The number of carbonyl (C=O) groups excluding carboxylic acids is 1. The monoisotopic (exact) mass is 382 g/mol. The van der Waals surface area contributed by atoms with E-state index in [4.69, 9.17) is 0 Å². The highest BCUT2D eigenvalue weighted by atomic mass is 16.6. The van der Waals surface area contributed by atoms with Crippen LogP contribution in [0.2, 0.25) is 0 Å². The number of nitrogens with one attached hydrogen (secondary N) is 1. The number of nitro groups is 1. The van der Waals surface area contributed by atoms with Crippen molar-refractivity contribution in [1.29, 1.82) is 0 Å². The van der Waals surface area contributed by atoms with Crippen molar-refractivity contribution in [3.8, 4) is 0 Å². The van der Waals surface area contributed by atoms with E-state index in [0.29, 0.717) is 37.0 Å². The Balaban J connectivity index is 1.64. The Kier molecular flexibility index (Phi) is 4.81. The SMILES string of the molecule is CCNc1ncc2c(n1)N1CCCC1CN(Cc1ccc([N+](=O)[O-])cc1)C2=O. The quantitative estimate of drug-likeness (QED) is 0.625. The van der Waals surface area contributed by atoms with Crippen LogP contribution in [0.15, 0.2) is 30.5 Å². The molecular weight excluding hydrogens is 360 g/mol. The zero-order chi connectivity index (χ0) is 19.7. The third-order valence-electron chi connectivity index (χ3n) is 5.22. The van der Waals surface area contributed by atoms with E-state index in [1.807, 2.05) is 6.92 Å². The second-order valence-electron chi connectivity index (χ2n) is 7.06. The average Bonchev–Trinajstić information content (AvgIpc) is 3.12. The number of nitrogens with zero attached hydrogens (tertiary/aromatic N) is 5. The number of aromatic nitrogens is 2. The van der Waals surface area contributed by atoms with Gasteiger partial charge in [-0.15, -0.1) is 0 Å². The van der Waals surface area contributed by atoms with Gasteiger partial charge in [-0.1, -0.05) is 12.1 Å². The lowest BCUT2D eigenvalue weighted by atomic mass is 10.1. The van der Waals surface area contributed by atoms with Gasteiger partial charge in [0.1, 0.15) is 11.4 Å². The van der Waals surface area contributed by atoms with Gasteiger partial charge in [0.2, 0.25) is 5.95 Å². The lowest BCUT2D eigenvalue weighted by Crippen LogP contribution is -2.39. The maximum atomic E-state index is 13.2. The van der Waals surface area contributed by atoms with Gasteiger partial charge in [0.15, 0.2) is 0 Å². The number of nitro benzene ring substituents is 1. The molecule has 1 atom stereocenters. The standard InChI is InChI=1S/C19H22N6O3/c1-2-20-19-21-10-16-17(22-19)24-9-3-4-15(24)12-23(18(16)26)11-13-5-7-14(8-6-13)25(27)28/h5-8,10,15H,2-4,9,11-12H2,1H3,(H,20,21,22). The summed E-state index contributed by atoms with van der Waals surface area (Å²) in [5, 5.41) is 14.0. The average molecular weight is 382 g/mol. The molecule has 2 aliphatic heterocycles. The summed E-state index contributed by atoms with van der Waals surface area (Å²) in [6, 6.07) is 6.56. The molecule has 1 amide bonds. The third kappa shape index (κ3) is 3.35. The molecule has 1 aromatic carbocycles. The van der Waals surface area contributed by atoms with Crippen LogP contribution in [0.3, 0.4) is 0 Å². The molecule has 3 heterocycles. The molecule has 1 fully saturated rings. The van der Waals surface area contributed by atoms with Crippen LogP contribution in [0.1, 0.15) is 35.7 Å². The minimum Gasteiger partial charge on any atom is -0.354 e. The normalized spacial score (nSPS) is 18.5. The van der Waals surface area contributed by atoms with Gasteiger partial charge in [-0.2, -0.15) is 4.98 Å². The van der Waals surface area contributed by atoms with Crippen molar-refractivity contribution in [2.75, 3.05) is 29.9 Å². The molecule has 2 aliphatic rings. The van der Waals surface area contributed by atoms with E-state index in [2.05, 4.69) is 20.2 Å². The fourth-order valence-corrected chi connectivity index (χ4v) is 3.88. The summed E-state index contributed by atoms with van der Waals surface area (Å²) < 4.78 is 0. The molecule has 1 saturated heterocycles. The maximum absolute atomic E-state index is 13.2. The van der Waals surface area contributed by atoms with Crippen molar-refractivity contribution in [2.45, 2.75) is 32.4 Å². The number of anilines is 2. The molecule has 9 nitrogen and oxygen atoms in total. The van der Waals surface area contributed by atoms with Crippen molar-refractivity contribution in [3.63, 3.8) is 0 Å². The molecule has 1 N–H and O–H groups in total. The molecule has 0 radical (unpaired) electrons. The highest BCUT2D eigenvalue weighted by Gasteiger charge is 2.36. The first-order valence-corrected chi connectivity index (χ1v) is 9.47. The van der Waals surface area contributed by atoms with E-state index < -0.39 is 4.92 Å². The molecule has 1 unspecified atom stereocenters. The molecule has 2 aromatic rings. The largest absolute Gasteiger partial charge is 0.354 e. The van der Waals surface area contributed by atoms with Gasteiger partial charge < -0.3 is 15.1 Å². The molecular formula is C19H22N6O3. The number of rotatable bonds is 5. The van der Waals surface area contributed by atoms with E-state index in [9.17, 15) is 14.9 Å². The maximum Gasteiger partial charge on any atom is 0.269 e. The van der Waals surface area contributed by atoms with Crippen LogP contribution in [0.4, 0.5) is 17.5 Å². The van der Waals surface area contributed by atoms with Crippen molar-refractivity contribution in [1.82, 2.24) is 14.9 Å². The highest BCUT2D eigenvalue weighted by molar-refractivity contribution is 5.99. The fraction of sp³-hybridized carbons (Fsp3) is 0.421. The number of amides is 1. The van der Waals surface area contributed by atoms with Crippen LogP contribution in [-0.4, -0.2) is 51.4 Å². The second kappa shape index (κ2) is 7.41. The molecule has 0 spiro atoms. The van der Waals surface area contributed by atoms with Gasteiger partial charge in [-0.05, 0) is 25.3 Å². The molecule has 146 valence electrons. The zero-order valence-corrected chi connectivity index (χ0v) is 15.7. The Morgan fingerprint density at radius 2 is 2.11 bits per heavy atom. The Morgan fingerprint density at radius 3 is 2.82 bits per heavy atom. The van der Waals surface area contributed by atoms with Gasteiger partial charge >= 0.3 is 0 Å². The van der Waals surface area contributed by atoms with E-state index in [0.717, 1.165) is 24.9 Å². The number of carbonyl (C=O) groups is 1. The fourth-order valence-electron chi connectivity index (χ4n) is 3.88. The van der Waals surface area contributed by atoms with Gasteiger partial charge in [0.25, 0.3) is 11.6 Å². The molecule has 0 aliphatic carbocycles. The zero-order valence-electron chi connectivity index (χ0n) is 15.7. The van der Waals surface area contributed by atoms with Crippen LogP contribution >= 0.6 is 0 Å². The Hall–Kier alpha value is -3.23. The van der Waals surface area contributed by atoms with Gasteiger partial charge in [-0.25, -0.2) is 4.98 Å². The Labute approximate surface area is 162 Å². The van der Waals surface area contributed by atoms with Gasteiger partial charge in [0, 0.05) is 50.6 Å². The molecule has 0 saturated carbocycles. The summed E-state index contributed by atoms with van der Waals surface area (Å²) in [6.07, 6.45) is 3.67. The lowest BCUT2D eigenvalue weighted by molar-refractivity contribution is -0.384. The molecule has 1 aromatic heterocycles. The van der Waals surface area contributed by atoms with Crippen LogP contribution in [0.5, 0.6) is 0 Å². The minimum atomic E-state index is -0.424. The smallest absolute Gasteiger partial charge is 0.269 e. The topological polar surface area (TPSA) is 104 Å². The number of hydrogen-bond acceptors (Lipinski definition) is 7. The van der Waals surface area contributed by atoms with Gasteiger partial charge in [0.05, 0.1) is 4.92 Å². The van der Waals surface area contributed by atoms with Crippen molar-refractivity contribution >= 4 is 23.4 Å². The first-order chi connectivity index (χ1) is 13.6. The lowest BCUT2D eigenvalue weighted by Gasteiger charge is -2.27. The summed E-state index contributed by atoms with van der Waals surface area (Å²) in [4.78, 5) is 36.5. The number of hydrogen-bond donors (Lipinski definition) is 1. The molecule has 0 bridgehead atoms. The summed E-state index contributed by atoms with van der Waals surface area (Å²) in [6.45, 7) is 4.56. The predicted molar refractivity (Wildman–Crippen MR) is 104 cm³/mol. The molecule has 4 rings (SSSR count). The highest BCUT2D eigenvalue weighted by Crippen LogP contribution is 2.32. The first-order valence-electron chi connectivity index (χ1n) is 9.47. The summed E-state index contributed by atoms with van der Waals surface area (Å²) >= 11 is 0. The summed E-state index contributed by atoms with van der Waals surface area (Å²) in [5.74, 6) is 1.12. The minimum absolute atomic E-state index is 0.0441. The third-order valence-corrected chi connectivity index (χ3v) is 5.22. The predicted octanol–water partition coefficient (Wildman–Crippen LogP) is 2.44. The Morgan fingerprint density at radius 1 is 1.32 bits per heavy atom. The van der Waals surface area contributed by atoms with Crippen molar-refractivity contribution < 1.29 is 9.72 Å². The van der Waals surface area contributed by atoms with Crippen LogP contribution in [0.25, 0.3) is 0 Å². The number of fused-ring (bicyclic) bond motifs is 3. The number of benzene rings is 1. The number of non-ortho nitro benzene ring substituents is 1. The summed E-state index contributed by atoms with van der Waals surface area (Å²) in [7, 11) is 0. The van der Waals surface area contributed by atoms with Crippen molar-refractivity contribution in [3.05, 3.63) is 51.7 Å². The Bertz CT molecular complexity index is 901. The van der Waals surface area contributed by atoms with Crippen LogP contribution in [-0.2, 0) is 6.54 Å². The van der Waals surface area contributed by atoms with E-state index in [1.165, 1.54) is 12.1 Å². The second-order valence-corrected chi connectivity index (χ2v) is 7.06. The van der Waals surface area contributed by atoms with Crippen LogP contribution < -0.4 is 10.2 Å². The van der Waals surface area contributed by atoms with E-state index in [-0.39, 0.29) is 17.6 Å². The summed E-state index contributed by atoms with van der Waals surface area (Å²) in [5.41, 5.74) is 1.41. The van der Waals surface area contributed by atoms with E-state index >= 15 is 0 Å². The molecule has 28 heavy (non-hydrogen) atoms. The molecule has 9 heteroatoms. The van der Waals surface area contributed by atoms with E-state index in [1.54, 1.807) is 23.2 Å². The van der Waals surface area contributed by atoms with Crippen molar-refractivity contribution in [2.24, 2.45) is 0 Å². The van der Waals surface area contributed by atoms with Gasteiger partial charge in [-0.3, -0.25) is 14.9 Å².